The van der Waals surface area contributed by atoms with Crippen LogP contribution in [-0.2, 0) is 13.2 Å². The third-order valence-corrected chi connectivity index (χ3v) is 2.74. The Morgan fingerprint density at radius 3 is 2.84 bits per heavy atom. The minimum Gasteiger partial charge on any atom is -0.486 e. The van der Waals surface area contributed by atoms with E-state index in [1.807, 2.05) is 18.3 Å². The van der Waals surface area contributed by atoms with Gasteiger partial charge in [0.25, 0.3) is 0 Å². The monoisotopic (exact) mass is 277 g/mol. The van der Waals surface area contributed by atoms with Crippen LogP contribution in [-0.4, -0.2) is 16.5 Å². The van der Waals surface area contributed by atoms with Gasteiger partial charge in [-0.05, 0) is 18.2 Å². The predicted molar refractivity (Wildman–Crippen MR) is 75.2 cm³/mol. The quantitative estimate of drug-likeness (QED) is 0.882. The van der Waals surface area contributed by atoms with Gasteiger partial charge < -0.3 is 10.1 Å². The maximum absolute atomic E-state index is 5.83. The second kappa shape index (κ2) is 7.07. The molecule has 0 saturated carbocycles. The first kappa shape index (κ1) is 13.8. The topological polar surface area (TPSA) is 47.0 Å². The lowest BCUT2D eigenvalue weighted by Gasteiger charge is -2.06. The van der Waals surface area contributed by atoms with Gasteiger partial charge in [-0.25, -0.2) is 0 Å². The number of halogens is 1. The van der Waals surface area contributed by atoms with Gasteiger partial charge in [0.2, 0.25) is 0 Å². The zero-order valence-corrected chi connectivity index (χ0v) is 11.5. The number of nitrogens with one attached hydrogen (secondary N) is 1. The van der Waals surface area contributed by atoms with Crippen LogP contribution in [0.2, 0.25) is 5.02 Å². The molecule has 2 aromatic rings. The van der Waals surface area contributed by atoms with Gasteiger partial charge in [-0.15, -0.1) is 0 Å². The Balaban J connectivity index is 1.89. The molecule has 2 aromatic heterocycles. The van der Waals surface area contributed by atoms with Crippen LogP contribution in [0.25, 0.3) is 0 Å². The smallest absolute Gasteiger partial charge is 0.139 e. The summed E-state index contributed by atoms with van der Waals surface area (Å²) < 4.78 is 5.57. The molecule has 2 rings (SSSR count). The molecule has 2 heterocycles. The summed E-state index contributed by atoms with van der Waals surface area (Å²) in [5.41, 5.74) is 2.04. The van der Waals surface area contributed by atoms with Crippen LogP contribution >= 0.6 is 11.6 Å². The van der Waals surface area contributed by atoms with Crippen LogP contribution in [0.3, 0.4) is 0 Å². The number of hydrogen-bond donors (Lipinski definition) is 1. The van der Waals surface area contributed by atoms with E-state index in [1.165, 1.54) is 0 Å². The molecule has 19 heavy (non-hydrogen) atoms. The number of nitrogens with zero attached hydrogens (tertiary/aromatic N) is 2. The van der Waals surface area contributed by atoms with Crippen molar-refractivity contribution in [2.24, 2.45) is 0 Å². The van der Waals surface area contributed by atoms with E-state index in [-0.39, 0.29) is 0 Å². The Morgan fingerprint density at radius 2 is 2.16 bits per heavy atom. The van der Waals surface area contributed by atoms with Crippen LogP contribution in [0.4, 0.5) is 0 Å². The lowest BCUT2D eigenvalue weighted by Crippen LogP contribution is -2.12. The fourth-order valence-corrected chi connectivity index (χ4v) is 1.71. The van der Waals surface area contributed by atoms with Gasteiger partial charge in [-0.1, -0.05) is 24.6 Å². The Labute approximate surface area is 117 Å². The summed E-state index contributed by atoms with van der Waals surface area (Å²) >= 11 is 5.83. The highest BCUT2D eigenvalue weighted by Gasteiger charge is 1.99. The summed E-state index contributed by atoms with van der Waals surface area (Å²) in [6.07, 6.45) is 5.06. The SMILES string of the molecule is CCNCc1ccc(COc2cncc(Cl)c2)nc1. The van der Waals surface area contributed by atoms with Gasteiger partial charge in [-0.2, -0.15) is 0 Å². The predicted octanol–water partition coefficient (Wildman–Crippen LogP) is 2.82. The van der Waals surface area contributed by atoms with E-state index in [2.05, 4.69) is 22.2 Å². The number of pyridine rings is 2. The highest BCUT2D eigenvalue weighted by molar-refractivity contribution is 6.30. The molecule has 5 heteroatoms. The van der Waals surface area contributed by atoms with Crippen LogP contribution in [0, 0.1) is 0 Å². The van der Waals surface area contributed by atoms with Crippen molar-refractivity contribution in [2.45, 2.75) is 20.1 Å². The zero-order valence-electron chi connectivity index (χ0n) is 10.8. The summed E-state index contributed by atoms with van der Waals surface area (Å²) in [5.74, 6) is 0.644. The molecule has 0 aliphatic rings. The van der Waals surface area contributed by atoms with Crippen LogP contribution in [0.15, 0.2) is 36.8 Å². The molecule has 0 aliphatic carbocycles. The van der Waals surface area contributed by atoms with Crippen molar-refractivity contribution in [2.75, 3.05) is 6.54 Å². The third-order valence-electron chi connectivity index (χ3n) is 2.53. The molecule has 0 bridgehead atoms. The van der Waals surface area contributed by atoms with Crippen molar-refractivity contribution in [1.82, 2.24) is 15.3 Å². The van der Waals surface area contributed by atoms with E-state index in [4.69, 9.17) is 16.3 Å². The fraction of sp³-hybridized carbons (Fsp3) is 0.286. The average Bonchev–Trinajstić information content (AvgIpc) is 2.44. The maximum Gasteiger partial charge on any atom is 0.139 e. The van der Waals surface area contributed by atoms with E-state index >= 15 is 0 Å². The number of hydrogen-bond acceptors (Lipinski definition) is 4. The molecule has 0 spiro atoms. The first-order chi connectivity index (χ1) is 9.28. The maximum atomic E-state index is 5.83. The first-order valence-electron chi connectivity index (χ1n) is 6.16. The van der Waals surface area contributed by atoms with Gasteiger partial charge in [0.05, 0.1) is 16.9 Å². The summed E-state index contributed by atoms with van der Waals surface area (Å²) in [6.45, 7) is 4.27. The Bertz CT molecular complexity index is 516. The van der Waals surface area contributed by atoms with Crippen molar-refractivity contribution in [3.8, 4) is 5.75 Å². The molecule has 0 aromatic carbocycles. The number of rotatable bonds is 6. The minimum atomic E-state index is 0.406. The van der Waals surface area contributed by atoms with Gasteiger partial charge >= 0.3 is 0 Å². The molecule has 4 nitrogen and oxygen atoms in total. The second-order valence-corrected chi connectivity index (χ2v) is 4.50. The van der Waals surface area contributed by atoms with Crippen molar-refractivity contribution >= 4 is 11.6 Å². The van der Waals surface area contributed by atoms with Crippen LogP contribution in [0.5, 0.6) is 5.75 Å². The van der Waals surface area contributed by atoms with Crippen molar-refractivity contribution in [1.29, 1.82) is 0 Å². The Hall–Kier alpha value is -1.65. The standard InChI is InChI=1S/C14H16ClN3O/c1-2-16-6-11-3-4-13(18-7-11)10-19-14-5-12(15)8-17-9-14/h3-5,7-9,16H,2,6,10H2,1H3. The molecule has 0 unspecified atom stereocenters. The molecule has 0 aliphatic heterocycles. The van der Waals surface area contributed by atoms with Gasteiger partial charge in [0, 0.05) is 25.0 Å². The molecule has 0 saturated heterocycles. The van der Waals surface area contributed by atoms with Gasteiger partial charge in [0.15, 0.2) is 0 Å². The highest BCUT2D eigenvalue weighted by Crippen LogP contribution is 2.16. The fourth-order valence-electron chi connectivity index (χ4n) is 1.54. The van der Waals surface area contributed by atoms with Crippen molar-refractivity contribution < 1.29 is 4.74 Å². The summed E-state index contributed by atoms with van der Waals surface area (Å²) in [5, 5.41) is 3.82. The largest absolute Gasteiger partial charge is 0.486 e. The number of aromatic nitrogens is 2. The Morgan fingerprint density at radius 1 is 1.26 bits per heavy atom. The van der Waals surface area contributed by atoms with Crippen LogP contribution < -0.4 is 10.1 Å². The minimum absolute atomic E-state index is 0.406. The van der Waals surface area contributed by atoms with E-state index in [0.29, 0.717) is 17.4 Å². The summed E-state index contributed by atoms with van der Waals surface area (Å²) in [6, 6.07) is 5.74. The molecule has 100 valence electrons. The molecule has 0 amide bonds. The first-order valence-corrected chi connectivity index (χ1v) is 6.53. The zero-order chi connectivity index (χ0) is 13.5. The van der Waals surface area contributed by atoms with E-state index in [9.17, 15) is 0 Å². The summed E-state index contributed by atoms with van der Waals surface area (Å²) in [4.78, 5) is 8.31. The average molecular weight is 278 g/mol. The molecule has 0 radical (unpaired) electrons. The normalized spacial score (nSPS) is 10.4. The molecule has 1 N–H and O–H groups in total. The van der Waals surface area contributed by atoms with Crippen LogP contribution in [0.1, 0.15) is 18.2 Å². The van der Waals surface area contributed by atoms with E-state index in [0.717, 1.165) is 24.3 Å². The highest BCUT2D eigenvalue weighted by atomic mass is 35.5. The lowest BCUT2D eigenvalue weighted by molar-refractivity contribution is 0.300. The molecule has 0 atom stereocenters. The molecular weight excluding hydrogens is 262 g/mol. The molecule has 0 fully saturated rings. The Kier molecular flexibility index (Phi) is 5.12. The van der Waals surface area contributed by atoms with Gasteiger partial charge in [0.1, 0.15) is 12.4 Å². The van der Waals surface area contributed by atoms with Crippen molar-refractivity contribution in [3.63, 3.8) is 0 Å². The number of ether oxygens (including phenoxy) is 1. The second-order valence-electron chi connectivity index (χ2n) is 4.07. The summed E-state index contributed by atoms with van der Waals surface area (Å²) in [7, 11) is 0. The lowest BCUT2D eigenvalue weighted by atomic mass is 10.2. The molecular formula is C14H16ClN3O. The van der Waals surface area contributed by atoms with E-state index in [1.54, 1.807) is 18.5 Å². The van der Waals surface area contributed by atoms with Gasteiger partial charge in [-0.3, -0.25) is 9.97 Å². The third kappa shape index (κ3) is 4.50. The van der Waals surface area contributed by atoms with E-state index < -0.39 is 0 Å². The van der Waals surface area contributed by atoms with Crippen molar-refractivity contribution in [3.05, 3.63) is 53.1 Å².